The van der Waals surface area contributed by atoms with Crippen molar-refractivity contribution >= 4 is 11.7 Å². The molecule has 1 heterocycles. The molecular weight excluding hydrogens is 394 g/mol. The predicted octanol–water partition coefficient (Wildman–Crippen LogP) is 2.96. The van der Waals surface area contributed by atoms with Crippen LogP contribution in [0.2, 0.25) is 0 Å². The minimum atomic E-state index is -0.766. The lowest BCUT2D eigenvalue weighted by atomic mass is 9.78. The summed E-state index contributed by atoms with van der Waals surface area (Å²) in [6, 6.07) is 16.2. The van der Waals surface area contributed by atoms with E-state index in [1.807, 2.05) is 12.1 Å². The van der Waals surface area contributed by atoms with Crippen molar-refractivity contribution in [2.45, 2.75) is 24.9 Å². The van der Waals surface area contributed by atoms with E-state index >= 15 is 0 Å². The maximum Gasteiger partial charge on any atom is 0.337 e. The molecule has 1 unspecified atom stereocenters. The fourth-order valence-corrected chi connectivity index (χ4v) is 3.86. The van der Waals surface area contributed by atoms with Crippen molar-refractivity contribution < 1.29 is 19.4 Å². The largest absolute Gasteiger partial charge is 0.494 e. The molecule has 0 saturated carbocycles. The van der Waals surface area contributed by atoms with E-state index in [9.17, 15) is 9.90 Å². The van der Waals surface area contributed by atoms with E-state index in [1.54, 1.807) is 36.4 Å². The highest BCUT2D eigenvalue weighted by Crippen LogP contribution is 2.30. The molecule has 1 fully saturated rings. The number of anilines is 1. The Kier molecular flexibility index (Phi) is 7.88. The third kappa shape index (κ3) is 6.20. The lowest BCUT2D eigenvalue weighted by Gasteiger charge is -2.40. The van der Waals surface area contributed by atoms with Crippen LogP contribution in [-0.2, 0) is 4.74 Å². The molecule has 0 amide bonds. The Morgan fingerprint density at radius 3 is 2.48 bits per heavy atom. The normalized spacial score (nSPS) is 16.0. The average Bonchev–Trinajstić information content (AvgIpc) is 2.81. The standard InChI is InChI=1S/C24H29N3O4/c1-30-23(28)19-4-6-21(7-5-19)27-17-20(24(29)11-13-26-14-12-24)10-15-31-22-8-2-18(16-25)3-9-22/h2-9,20,26-27,29H,10-15,17H2,1H3. The number of nitriles is 1. The van der Waals surface area contributed by atoms with Crippen LogP contribution in [0.25, 0.3) is 0 Å². The van der Waals surface area contributed by atoms with Crippen LogP contribution in [0.1, 0.15) is 35.2 Å². The van der Waals surface area contributed by atoms with Crippen molar-refractivity contribution in [3.05, 3.63) is 59.7 Å². The topological polar surface area (TPSA) is 104 Å². The number of rotatable bonds is 9. The molecule has 0 bridgehead atoms. The number of nitrogens with zero attached hydrogens (tertiary/aromatic N) is 1. The van der Waals surface area contributed by atoms with Crippen molar-refractivity contribution in [1.29, 1.82) is 5.26 Å². The number of hydrogen-bond donors (Lipinski definition) is 3. The molecule has 3 rings (SSSR count). The highest BCUT2D eigenvalue weighted by atomic mass is 16.5. The van der Waals surface area contributed by atoms with Gasteiger partial charge in [0, 0.05) is 18.2 Å². The molecule has 0 aliphatic carbocycles. The molecule has 1 aliphatic rings. The van der Waals surface area contributed by atoms with Crippen LogP contribution in [0.15, 0.2) is 48.5 Å². The van der Waals surface area contributed by atoms with Gasteiger partial charge in [0.05, 0.1) is 36.5 Å². The molecule has 31 heavy (non-hydrogen) atoms. The Balaban J connectivity index is 1.60. The van der Waals surface area contributed by atoms with Gasteiger partial charge in [0.15, 0.2) is 0 Å². The first-order chi connectivity index (χ1) is 15.0. The van der Waals surface area contributed by atoms with Gasteiger partial charge < -0.3 is 25.2 Å². The minimum absolute atomic E-state index is 0.00624. The molecule has 7 heteroatoms. The number of aliphatic hydroxyl groups is 1. The second-order valence-electron chi connectivity index (χ2n) is 7.77. The van der Waals surface area contributed by atoms with Crippen LogP contribution in [0, 0.1) is 17.2 Å². The van der Waals surface area contributed by atoms with E-state index in [-0.39, 0.29) is 11.9 Å². The van der Waals surface area contributed by atoms with E-state index < -0.39 is 5.60 Å². The van der Waals surface area contributed by atoms with Gasteiger partial charge in [-0.2, -0.15) is 5.26 Å². The summed E-state index contributed by atoms with van der Waals surface area (Å²) in [5.74, 6) is 0.336. The molecule has 1 aliphatic heterocycles. The van der Waals surface area contributed by atoms with Gasteiger partial charge in [0.1, 0.15) is 5.75 Å². The first-order valence-electron chi connectivity index (χ1n) is 10.5. The Hall–Kier alpha value is -3.08. The van der Waals surface area contributed by atoms with Crippen molar-refractivity contribution in [3.63, 3.8) is 0 Å². The molecule has 1 atom stereocenters. The smallest absolute Gasteiger partial charge is 0.337 e. The molecular formula is C24H29N3O4. The molecule has 2 aromatic rings. The molecule has 1 saturated heterocycles. The van der Waals surface area contributed by atoms with E-state index in [0.29, 0.717) is 49.3 Å². The Morgan fingerprint density at radius 1 is 1.19 bits per heavy atom. The van der Waals surface area contributed by atoms with Gasteiger partial charge in [0.2, 0.25) is 0 Å². The van der Waals surface area contributed by atoms with Gasteiger partial charge in [-0.15, -0.1) is 0 Å². The average molecular weight is 424 g/mol. The zero-order valence-electron chi connectivity index (χ0n) is 17.8. The SMILES string of the molecule is COC(=O)c1ccc(NCC(CCOc2ccc(C#N)cc2)C2(O)CCNCC2)cc1. The molecule has 7 nitrogen and oxygen atoms in total. The van der Waals surface area contributed by atoms with Crippen molar-refractivity contribution in [3.8, 4) is 11.8 Å². The number of piperidine rings is 1. The summed E-state index contributed by atoms with van der Waals surface area (Å²) >= 11 is 0. The van der Waals surface area contributed by atoms with Gasteiger partial charge in [-0.05, 0) is 80.9 Å². The van der Waals surface area contributed by atoms with Crippen molar-refractivity contribution in [1.82, 2.24) is 5.32 Å². The third-order valence-corrected chi connectivity index (χ3v) is 5.81. The summed E-state index contributed by atoms with van der Waals surface area (Å²) in [5.41, 5.74) is 1.20. The van der Waals surface area contributed by atoms with Crippen molar-refractivity contribution in [2.75, 3.05) is 38.7 Å². The molecule has 164 valence electrons. The monoisotopic (exact) mass is 423 g/mol. The summed E-state index contributed by atoms with van der Waals surface area (Å²) in [7, 11) is 1.36. The summed E-state index contributed by atoms with van der Waals surface area (Å²) in [5, 5.41) is 26.9. The van der Waals surface area contributed by atoms with E-state index in [1.165, 1.54) is 7.11 Å². The number of ether oxygens (including phenoxy) is 2. The Labute approximate surface area is 183 Å². The molecule has 0 spiro atoms. The second kappa shape index (κ2) is 10.8. The lowest BCUT2D eigenvalue weighted by Crippen LogP contribution is -2.49. The number of methoxy groups -OCH3 is 1. The van der Waals surface area contributed by atoms with Gasteiger partial charge in [0.25, 0.3) is 0 Å². The highest BCUT2D eigenvalue weighted by Gasteiger charge is 2.37. The summed E-state index contributed by atoms with van der Waals surface area (Å²) in [6.45, 7) is 2.63. The fraction of sp³-hybridized carbons (Fsp3) is 0.417. The zero-order valence-corrected chi connectivity index (χ0v) is 17.8. The maximum atomic E-state index is 11.6. The number of carbonyl (C=O) groups excluding carboxylic acids is 1. The zero-order chi connectivity index (χ0) is 22.1. The van der Waals surface area contributed by atoms with Crippen molar-refractivity contribution in [2.24, 2.45) is 5.92 Å². The Morgan fingerprint density at radius 2 is 1.87 bits per heavy atom. The van der Waals surface area contributed by atoms with E-state index in [0.717, 1.165) is 18.8 Å². The first kappa shape index (κ1) is 22.6. The number of benzene rings is 2. The predicted molar refractivity (Wildman–Crippen MR) is 118 cm³/mol. The highest BCUT2D eigenvalue weighted by molar-refractivity contribution is 5.89. The number of hydrogen-bond acceptors (Lipinski definition) is 7. The summed E-state index contributed by atoms with van der Waals surface area (Å²) in [6.07, 6.45) is 2.07. The van der Waals surface area contributed by atoms with Crippen LogP contribution in [-0.4, -0.2) is 50.0 Å². The number of nitrogens with one attached hydrogen (secondary N) is 2. The first-order valence-corrected chi connectivity index (χ1v) is 10.5. The second-order valence-corrected chi connectivity index (χ2v) is 7.77. The molecule has 2 aromatic carbocycles. The third-order valence-electron chi connectivity index (χ3n) is 5.81. The molecule has 0 radical (unpaired) electrons. The van der Waals surface area contributed by atoms with Crippen LogP contribution in [0.4, 0.5) is 5.69 Å². The van der Waals surface area contributed by atoms with Gasteiger partial charge in [-0.1, -0.05) is 0 Å². The van der Waals surface area contributed by atoms with Crippen LogP contribution >= 0.6 is 0 Å². The van der Waals surface area contributed by atoms with E-state index in [2.05, 4.69) is 16.7 Å². The van der Waals surface area contributed by atoms with Crippen LogP contribution < -0.4 is 15.4 Å². The lowest BCUT2D eigenvalue weighted by molar-refractivity contribution is -0.0453. The van der Waals surface area contributed by atoms with Gasteiger partial charge in [-0.25, -0.2) is 4.79 Å². The van der Waals surface area contributed by atoms with E-state index in [4.69, 9.17) is 14.7 Å². The maximum absolute atomic E-state index is 11.6. The number of esters is 1. The Bertz CT molecular complexity index is 885. The summed E-state index contributed by atoms with van der Waals surface area (Å²) < 4.78 is 10.6. The molecule has 3 N–H and O–H groups in total. The quantitative estimate of drug-likeness (QED) is 0.533. The molecule has 0 aromatic heterocycles. The summed E-state index contributed by atoms with van der Waals surface area (Å²) in [4.78, 5) is 11.6. The van der Waals surface area contributed by atoms with Crippen LogP contribution in [0.3, 0.4) is 0 Å². The number of carbonyl (C=O) groups is 1. The minimum Gasteiger partial charge on any atom is -0.494 e. The fourth-order valence-electron chi connectivity index (χ4n) is 3.86. The van der Waals surface area contributed by atoms with Crippen LogP contribution in [0.5, 0.6) is 5.75 Å². The van der Waals surface area contributed by atoms with Gasteiger partial charge >= 0.3 is 5.97 Å². The van der Waals surface area contributed by atoms with Gasteiger partial charge in [-0.3, -0.25) is 0 Å².